The van der Waals surface area contributed by atoms with E-state index in [1.165, 1.54) is 0 Å². The van der Waals surface area contributed by atoms with Crippen molar-refractivity contribution in [2.45, 2.75) is 38.5 Å². The second kappa shape index (κ2) is 7.54. The molecule has 0 aromatic heterocycles. The molecule has 0 heterocycles. The summed E-state index contributed by atoms with van der Waals surface area (Å²) < 4.78 is 0. The van der Waals surface area contributed by atoms with Gasteiger partial charge in [-0.2, -0.15) is 0 Å². The highest BCUT2D eigenvalue weighted by Crippen LogP contribution is 2.28. The van der Waals surface area contributed by atoms with E-state index in [1.54, 1.807) is 4.90 Å². The first kappa shape index (κ1) is 16.0. The minimum absolute atomic E-state index is 0.0256. The Morgan fingerprint density at radius 1 is 1.26 bits per heavy atom. The standard InChI is InChI=1S/C16H24ClNO/c1-5-12(2)15(14-9-7-6-8-10-14)16(19)18(4)11-13(3)17/h6-10,12-13,15H,5,11H2,1-4H3. The number of amides is 1. The SMILES string of the molecule is CCC(C)C(C(=O)N(C)CC(C)Cl)c1ccccc1. The molecule has 0 spiro atoms. The Balaban J connectivity index is 2.95. The van der Waals surface area contributed by atoms with Gasteiger partial charge in [0.1, 0.15) is 0 Å². The summed E-state index contributed by atoms with van der Waals surface area (Å²) in [7, 11) is 1.83. The molecule has 0 aliphatic carbocycles. The van der Waals surface area contributed by atoms with Crippen LogP contribution in [0.4, 0.5) is 0 Å². The van der Waals surface area contributed by atoms with Crippen LogP contribution in [0.3, 0.4) is 0 Å². The van der Waals surface area contributed by atoms with Crippen molar-refractivity contribution >= 4 is 17.5 Å². The first-order valence-corrected chi connectivity index (χ1v) is 7.35. The lowest BCUT2D eigenvalue weighted by Gasteiger charge is -2.28. The molecule has 0 saturated carbocycles. The maximum absolute atomic E-state index is 12.6. The predicted molar refractivity (Wildman–Crippen MR) is 81.6 cm³/mol. The van der Waals surface area contributed by atoms with Crippen molar-refractivity contribution in [2.24, 2.45) is 5.92 Å². The Bertz CT molecular complexity index is 391. The Hall–Kier alpha value is -1.02. The monoisotopic (exact) mass is 281 g/mol. The smallest absolute Gasteiger partial charge is 0.230 e. The van der Waals surface area contributed by atoms with Crippen LogP contribution < -0.4 is 0 Å². The van der Waals surface area contributed by atoms with Gasteiger partial charge in [0.15, 0.2) is 0 Å². The van der Waals surface area contributed by atoms with Crippen LogP contribution in [0.2, 0.25) is 0 Å². The van der Waals surface area contributed by atoms with Gasteiger partial charge in [-0.15, -0.1) is 11.6 Å². The van der Waals surface area contributed by atoms with E-state index in [0.29, 0.717) is 12.5 Å². The van der Waals surface area contributed by atoms with Crippen LogP contribution in [-0.2, 0) is 4.79 Å². The van der Waals surface area contributed by atoms with Crippen LogP contribution in [0.5, 0.6) is 0 Å². The van der Waals surface area contributed by atoms with E-state index < -0.39 is 0 Å². The summed E-state index contributed by atoms with van der Waals surface area (Å²) in [5.41, 5.74) is 1.09. The topological polar surface area (TPSA) is 20.3 Å². The number of nitrogens with zero attached hydrogens (tertiary/aromatic N) is 1. The number of rotatable bonds is 6. The highest BCUT2D eigenvalue weighted by atomic mass is 35.5. The summed E-state index contributed by atoms with van der Waals surface area (Å²) in [6.45, 7) is 6.75. The largest absolute Gasteiger partial charge is 0.344 e. The zero-order valence-electron chi connectivity index (χ0n) is 12.3. The second-order valence-electron chi connectivity index (χ2n) is 5.27. The summed E-state index contributed by atoms with van der Waals surface area (Å²) in [6.07, 6.45) is 0.982. The normalized spacial score (nSPS) is 15.6. The third kappa shape index (κ3) is 4.54. The van der Waals surface area contributed by atoms with Crippen molar-refractivity contribution in [3.05, 3.63) is 35.9 Å². The molecule has 3 heteroatoms. The molecule has 0 bridgehead atoms. The number of likely N-dealkylation sites (N-methyl/N-ethyl adjacent to an activating group) is 1. The van der Waals surface area contributed by atoms with Crippen LogP contribution in [0.1, 0.15) is 38.7 Å². The van der Waals surface area contributed by atoms with E-state index in [9.17, 15) is 4.79 Å². The van der Waals surface area contributed by atoms with Crippen molar-refractivity contribution in [3.63, 3.8) is 0 Å². The molecule has 1 aromatic carbocycles. The summed E-state index contributed by atoms with van der Waals surface area (Å²) in [5, 5.41) is -0.0256. The molecule has 0 N–H and O–H groups in total. The fourth-order valence-electron chi connectivity index (χ4n) is 2.32. The molecule has 1 amide bonds. The van der Waals surface area contributed by atoms with Crippen molar-refractivity contribution in [2.75, 3.05) is 13.6 Å². The van der Waals surface area contributed by atoms with Crippen LogP contribution in [0, 0.1) is 5.92 Å². The molecule has 1 aromatic rings. The molecule has 1 rings (SSSR count). The average molecular weight is 282 g/mol. The van der Waals surface area contributed by atoms with E-state index in [2.05, 4.69) is 13.8 Å². The van der Waals surface area contributed by atoms with E-state index in [-0.39, 0.29) is 17.2 Å². The minimum Gasteiger partial charge on any atom is -0.344 e. The molecule has 3 atom stereocenters. The number of alkyl halides is 1. The van der Waals surface area contributed by atoms with Gasteiger partial charge >= 0.3 is 0 Å². The van der Waals surface area contributed by atoms with Crippen molar-refractivity contribution in [1.29, 1.82) is 0 Å². The lowest BCUT2D eigenvalue weighted by atomic mass is 9.84. The third-order valence-corrected chi connectivity index (χ3v) is 3.68. The lowest BCUT2D eigenvalue weighted by molar-refractivity contribution is -0.132. The average Bonchev–Trinajstić information content (AvgIpc) is 2.39. The summed E-state index contributed by atoms with van der Waals surface area (Å²) >= 11 is 5.99. The molecular formula is C16H24ClNO. The molecule has 0 saturated heterocycles. The second-order valence-corrected chi connectivity index (χ2v) is 6.02. The number of benzene rings is 1. The van der Waals surface area contributed by atoms with Gasteiger partial charge in [-0.1, -0.05) is 50.6 Å². The Kier molecular flexibility index (Phi) is 6.36. The molecule has 0 aliphatic heterocycles. The maximum atomic E-state index is 12.6. The first-order valence-electron chi connectivity index (χ1n) is 6.91. The number of carbonyl (C=O) groups excluding carboxylic acids is 1. The number of hydrogen-bond acceptors (Lipinski definition) is 1. The summed E-state index contributed by atoms with van der Waals surface area (Å²) in [4.78, 5) is 14.4. The number of carbonyl (C=O) groups is 1. The molecule has 0 aliphatic rings. The van der Waals surface area contributed by atoms with Crippen LogP contribution in [0.15, 0.2) is 30.3 Å². The van der Waals surface area contributed by atoms with Crippen molar-refractivity contribution in [1.82, 2.24) is 4.90 Å². The van der Waals surface area contributed by atoms with Crippen LogP contribution in [-0.4, -0.2) is 29.8 Å². The molecule has 0 fully saturated rings. The van der Waals surface area contributed by atoms with E-state index in [1.807, 2.05) is 44.3 Å². The highest BCUT2D eigenvalue weighted by molar-refractivity contribution is 6.20. The van der Waals surface area contributed by atoms with Crippen molar-refractivity contribution < 1.29 is 4.79 Å². The van der Waals surface area contributed by atoms with E-state index in [0.717, 1.165) is 12.0 Å². The number of hydrogen-bond donors (Lipinski definition) is 0. The van der Waals surface area contributed by atoms with Gasteiger partial charge in [0.2, 0.25) is 5.91 Å². The Morgan fingerprint density at radius 3 is 2.32 bits per heavy atom. The fraction of sp³-hybridized carbons (Fsp3) is 0.562. The maximum Gasteiger partial charge on any atom is 0.230 e. The van der Waals surface area contributed by atoms with E-state index in [4.69, 9.17) is 11.6 Å². The Labute approximate surface area is 121 Å². The van der Waals surface area contributed by atoms with Gasteiger partial charge in [0, 0.05) is 19.0 Å². The molecule has 19 heavy (non-hydrogen) atoms. The van der Waals surface area contributed by atoms with Gasteiger partial charge in [-0.05, 0) is 18.4 Å². The molecular weight excluding hydrogens is 258 g/mol. The van der Waals surface area contributed by atoms with Gasteiger partial charge in [-0.3, -0.25) is 4.79 Å². The number of halogens is 1. The predicted octanol–water partition coefficient (Wildman–Crippen LogP) is 3.90. The summed E-state index contributed by atoms with van der Waals surface area (Å²) in [6, 6.07) is 10.0. The zero-order chi connectivity index (χ0) is 14.4. The van der Waals surface area contributed by atoms with Crippen molar-refractivity contribution in [3.8, 4) is 0 Å². The lowest BCUT2D eigenvalue weighted by Crippen LogP contribution is -2.37. The fourth-order valence-corrected chi connectivity index (χ4v) is 2.52. The molecule has 2 nitrogen and oxygen atoms in total. The molecule has 3 unspecified atom stereocenters. The van der Waals surface area contributed by atoms with Gasteiger partial charge in [-0.25, -0.2) is 0 Å². The molecule has 0 radical (unpaired) electrons. The third-order valence-electron chi connectivity index (χ3n) is 3.54. The van der Waals surface area contributed by atoms with Crippen LogP contribution in [0.25, 0.3) is 0 Å². The summed E-state index contributed by atoms with van der Waals surface area (Å²) in [5.74, 6) is 0.405. The quantitative estimate of drug-likeness (QED) is 0.724. The highest BCUT2D eigenvalue weighted by Gasteiger charge is 2.28. The molecule has 106 valence electrons. The van der Waals surface area contributed by atoms with Gasteiger partial charge in [0.25, 0.3) is 0 Å². The first-order chi connectivity index (χ1) is 8.97. The van der Waals surface area contributed by atoms with Crippen LogP contribution >= 0.6 is 11.6 Å². The minimum atomic E-state index is -0.0772. The Morgan fingerprint density at radius 2 is 1.84 bits per heavy atom. The van der Waals surface area contributed by atoms with Gasteiger partial charge < -0.3 is 4.90 Å². The van der Waals surface area contributed by atoms with Gasteiger partial charge in [0.05, 0.1) is 5.92 Å². The van der Waals surface area contributed by atoms with E-state index >= 15 is 0 Å². The zero-order valence-corrected chi connectivity index (χ0v) is 13.0.